The summed E-state index contributed by atoms with van der Waals surface area (Å²) in [5.41, 5.74) is 2.80. The molecule has 1 heterocycles. The minimum atomic E-state index is -0.393. The van der Waals surface area contributed by atoms with Crippen molar-refractivity contribution in [3.05, 3.63) is 70.7 Å². The van der Waals surface area contributed by atoms with Gasteiger partial charge in [-0.05, 0) is 29.7 Å². The maximum atomic E-state index is 6.10. The van der Waals surface area contributed by atoms with Crippen LogP contribution in [0.4, 0.5) is 0 Å². The summed E-state index contributed by atoms with van der Waals surface area (Å²) < 4.78 is 0. The molecule has 1 aliphatic rings. The van der Waals surface area contributed by atoms with Crippen molar-refractivity contribution in [2.75, 3.05) is 0 Å². The molecule has 0 amide bonds. The standard InChI is InChI=1S/C17H16ClNO/c1-2-17(14-9-6-10-15(18)11-14)12-16(19-20-17)13-7-4-3-5-8-13/h3-11H,2,12H2,1H3/t17-/m0/s1. The number of rotatable bonds is 3. The minimum absolute atomic E-state index is 0.393. The van der Waals surface area contributed by atoms with Gasteiger partial charge >= 0.3 is 0 Å². The Morgan fingerprint density at radius 2 is 1.95 bits per heavy atom. The minimum Gasteiger partial charge on any atom is -0.384 e. The van der Waals surface area contributed by atoms with Gasteiger partial charge in [-0.1, -0.05) is 66.1 Å². The molecule has 1 aliphatic heterocycles. The van der Waals surface area contributed by atoms with Gasteiger partial charge in [-0.2, -0.15) is 0 Å². The van der Waals surface area contributed by atoms with Crippen molar-refractivity contribution in [2.45, 2.75) is 25.4 Å². The van der Waals surface area contributed by atoms with Crippen LogP contribution in [0.3, 0.4) is 0 Å². The van der Waals surface area contributed by atoms with E-state index in [-0.39, 0.29) is 0 Å². The van der Waals surface area contributed by atoms with Gasteiger partial charge in [0.05, 0.1) is 5.71 Å². The first-order valence-electron chi connectivity index (χ1n) is 6.80. The zero-order valence-electron chi connectivity index (χ0n) is 11.3. The third kappa shape index (κ3) is 2.32. The normalized spacial score (nSPS) is 21.4. The second-order valence-electron chi connectivity index (χ2n) is 5.03. The second-order valence-corrected chi connectivity index (χ2v) is 5.47. The van der Waals surface area contributed by atoms with Gasteiger partial charge in [0.1, 0.15) is 0 Å². The Bertz CT molecular complexity index is 638. The molecule has 102 valence electrons. The molecule has 0 saturated heterocycles. The summed E-state index contributed by atoms with van der Waals surface area (Å²) in [7, 11) is 0. The third-order valence-electron chi connectivity index (χ3n) is 3.81. The summed E-state index contributed by atoms with van der Waals surface area (Å²) in [5.74, 6) is 0. The van der Waals surface area contributed by atoms with E-state index < -0.39 is 5.60 Å². The Morgan fingerprint density at radius 3 is 2.65 bits per heavy atom. The molecule has 0 spiro atoms. The van der Waals surface area contributed by atoms with Crippen molar-refractivity contribution in [3.63, 3.8) is 0 Å². The van der Waals surface area contributed by atoms with Crippen molar-refractivity contribution < 1.29 is 4.84 Å². The molecule has 20 heavy (non-hydrogen) atoms. The lowest BCUT2D eigenvalue weighted by Gasteiger charge is -2.25. The molecule has 0 aliphatic carbocycles. The van der Waals surface area contributed by atoms with Crippen LogP contribution in [0.15, 0.2) is 59.8 Å². The van der Waals surface area contributed by atoms with Crippen LogP contribution in [-0.4, -0.2) is 5.71 Å². The van der Waals surface area contributed by atoms with E-state index >= 15 is 0 Å². The molecule has 2 aromatic rings. The number of nitrogens with zero attached hydrogens (tertiary/aromatic N) is 1. The fourth-order valence-corrected chi connectivity index (χ4v) is 2.77. The van der Waals surface area contributed by atoms with E-state index in [1.54, 1.807) is 0 Å². The monoisotopic (exact) mass is 285 g/mol. The van der Waals surface area contributed by atoms with E-state index in [0.717, 1.165) is 34.7 Å². The number of halogens is 1. The molecular formula is C17H16ClNO. The van der Waals surface area contributed by atoms with Crippen LogP contribution in [0.25, 0.3) is 0 Å². The van der Waals surface area contributed by atoms with E-state index in [2.05, 4.69) is 30.3 Å². The summed E-state index contributed by atoms with van der Waals surface area (Å²) >= 11 is 6.10. The molecule has 0 bridgehead atoms. The summed E-state index contributed by atoms with van der Waals surface area (Å²) in [4.78, 5) is 5.83. The van der Waals surface area contributed by atoms with Gasteiger partial charge < -0.3 is 4.84 Å². The zero-order valence-corrected chi connectivity index (χ0v) is 12.1. The van der Waals surface area contributed by atoms with Crippen molar-refractivity contribution in [1.82, 2.24) is 0 Å². The molecule has 0 aromatic heterocycles. The largest absolute Gasteiger partial charge is 0.384 e. The molecule has 2 aromatic carbocycles. The summed E-state index contributed by atoms with van der Waals surface area (Å²) in [5, 5.41) is 5.04. The Kier molecular flexibility index (Phi) is 3.49. The number of hydrogen-bond donors (Lipinski definition) is 0. The van der Waals surface area contributed by atoms with E-state index in [1.165, 1.54) is 0 Å². The van der Waals surface area contributed by atoms with Gasteiger partial charge in [0.25, 0.3) is 0 Å². The Balaban J connectivity index is 1.91. The molecule has 0 fully saturated rings. The fraction of sp³-hybridized carbons (Fsp3) is 0.235. The van der Waals surface area contributed by atoms with Gasteiger partial charge in [0.2, 0.25) is 0 Å². The predicted molar refractivity (Wildman–Crippen MR) is 82.1 cm³/mol. The van der Waals surface area contributed by atoms with Crippen molar-refractivity contribution in [3.8, 4) is 0 Å². The topological polar surface area (TPSA) is 21.6 Å². The predicted octanol–water partition coefficient (Wildman–Crippen LogP) is 4.77. The Labute approximate surface area is 124 Å². The maximum absolute atomic E-state index is 6.10. The molecule has 0 unspecified atom stereocenters. The van der Waals surface area contributed by atoms with Gasteiger partial charge in [-0.3, -0.25) is 0 Å². The maximum Gasteiger partial charge on any atom is 0.168 e. The van der Waals surface area contributed by atoms with E-state index in [1.807, 2.05) is 36.4 Å². The number of benzene rings is 2. The van der Waals surface area contributed by atoms with Crippen molar-refractivity contribution in [1.29, 1.82) is 0 Å². The van der Waals surface area contributed by atoms with Gasteiger partial charge in [-0.25, -0.2) is 0 Å². The van der Waals surface area contributed by atoms with Gasteiger partial charge in [0, 0.05) is 11.4 Å². The van der Waals surface area contributed by atoms with E-state index in [0.29, 0.717) is 0 Å². The zero-order chi connectivity index (χ0) is 14.0. The molecule has 2 nitrogen and oxygen atoms in total. The molecule has 0 radical (unpaired) electrons. The van der Waals surface area contributed by atoms with E-state index in [9.17, 15) is 0 Å². The molecule has 1 atom stereocenters. The van der Waals surface area contributed by atoms with Crippen LogP contribution in [-0.2, 0) is 10.4 Å². The molecule has 0 saturated carbocycles. The van der Waals surface area contributed by atoms with Crippen LogP contribution >= 0.6 is 11.6 Å². The highest BCUT2D eigenvalue weighted by atomic mass is 35.5. The van der Waals surface area contributed by atoms with Gasteiger partial charge in [0.15, 0.2) is 5.60 Å². The number of oxime groups is 1. The van der Waals surface area contributed by atoms with Crippen LogP contribution < -0.4 is 0 Å². The summed E-state index contributed by atoms with van der Waals surface area (Å²) in [6.45, 7) is 2.12. The molecule has 0 N–H and O–H groups in total. The average molecular weight is 286 g/mol. The first-order chi connectivity index (χ1) is 9.73. The second kappa shape index (κ2) is 5.29. The fourth-order valence-electron chi connectivity index (χ4n) is 2.58. The lowest BCUT2D eigenvalue weighted by Crippen LogP contribution is -2.25. The highest BCUT2D eigenvalue weighted by molar-refractivity contribution is 6.30. The van der Waals surface area contributed by atoms with E-state index in [4.69, 9.17) is 16.4 Å². The Morgan fingerprint density at radius 1 is 1.15 bits per heavy atom. The van der Waals surface area contributed by atoms with Crippen molar-refractivity contribution >= 4 is 17.3 Å². The SMILES string of the molecule is CC[C@@]1(c2cccc(Cl)c2)CC(c2ccccc2)=NO1. The highest BCUT2D eigenvalue weighted by Gasteiger charge is 2.39. The van der Waals surface area contributed by atoms with Crippen LogP contribution in [0.2, 0.25) is 5.02 Å². The van der Waals surface area contributed by atoms with Crippen LogP contribution in [0.1, 0.15) is 30.9 Å². The average Bonchev–Trinajstić information content (AvgIpc) is 2.94. The summed E-state index contributed by atoms with van der Waals surface area (Å²) in [6.07, 6.45) is 1.63. The molecule has 3 heteroatoms. The lowest BCUT2D eigenvalue weighted by atomic mass is 9.85. The Hall–Kier alpha value is -1.80. The first-order valence-corrected chi connectivity index (χ1v) is 7.18. The molecule has 3 rings (SSSR count). The highest BCUT2D eigenvalue weighted by Crippen LogP contribution is 2.39. The first kappa shape index (κ1) is 13.2. The molecular weight excluding hydrogens is 270 g/mol. The van der Waals surface area contributed by atoms with Gasteiger partial charge in [-0.15, -0.1) is 0 Å². The van der Waals surface area contributed by atoms with Crippen LogP contribution in [0, 0.1) is 0 Å². The van der Waals surface area contributed by atoms with Crippen molar-refractivity contribution in [2.24, 2.45) is 5.16 Å². The van der Waals surface area contributed by atoms with Crippen LogP contribution in [0.5, 0.6) is 0 Å². The smallest absolute Gasteiger partial charge is 0.168 e. The lowest BCUT2D eigenvalue weighted by molar-refractivity contribution is -0.0263. The number of hydrogen-bond acceptors (Lipinski definition) is 2. The third-order valence-corrected chi connectivity index (χ3v) is 4.05. The summed E-state index contributed by atoms with van der Waals surface area (Å²) in [6, 6.07) is 18.0. The quantitative estimate of drug-likeness (QED) is 0.796.